The van der Waals surface area contributed by atoms with Gasteiger partial charge < -0.3 is 15.6 Å². The van der Waals surface area contributed by atoms with Gasteiger partial charge in [-0.15, -0.1) is 0 Å². The summed E-state index contributed by atoms with van der Waals surface area (Å²) in [6.07, 6.45) is 0.711. The second-order valence-electron chi connectivity index (χ2n) is 3.43. The first-order valence-corrected chi connectivity index (χ1v) is 5.34. The Labute approximate surface area is 95.2 Å². The van der Waals surface area contributed by atoms with Crippen LogP contribution in [-0.2, 0) is 0 Å². The Kier molecular flexibility index (Phi) is 2.67. The fourth-order valence-electron chi connectivity index (χ4n) is 1.61. The Hall–Kier alpha value is -1.07. The Bertz CT molecular complexity index is 419. The van der Waals surface area contributed by atoms with E-state index in [0.717, 1.165) is 5.56 Å². The van der Waals surface area contributed by atoms with Crippen LogP contribution in [0.4, 0.5) is 0 Å². The van der Waals surface area contributed by atoms with Crippen molar-refractivity contribution in [1.29, 1.82) is 0 Å². The number of benzene rings is 1. The van der Waals surface area contributed by atoms with Crippen molar-refractivity contribution >= 4 is 21.9 Å². The molecule has 0 amide bonds. The van der Waals surface area contributed by atoms with Gasteiger partial charge in [-0.25, -0.2) is 4.79 Å². The quantitative estimate of drug-likeness (QED) is 0.819. The first-order valence-electron chi connectivity index (χ1n) is 4.54. The summed E-state index contributed by atoms with van der Waals surface area (Å²) in [5.41, 5.74) is 6.87. The molecule has 1 aliphatic heterocycles. The average molecular weight is 272 g/mol. The minimum absolute atomic E-state index is 0.149. The zero-order valence-corrected chi connectivity index (χ0v) is 9.45. The predicted molar refractivity (Wildman–Crippen MR) is 58.1 cm³/mol. The molecule has 0 bridgehead atoms. The average Bonchev–Trinajstić information content (AvgIpc) is 2.19. The third-order valence-corrected chi connectivity index (χ3v) is 2.98. The molecule has 0 aromatic heterocycles. The minimum atomic E-state index is -0.962. The van der Waals surface area contributed by atoms with Crippen LogP contribution in [0.3, 0.4) is 0 Å². The van der Waals surface area contributed by atoms with E-state index in [1.165, 1.54) is 6.07 Å². The zero-order valence-electron chi connectivity index (χ0n) is 7.87. The molecule has 0 fully saturated rings. The van der Waals surface area contributed by atoms with E-state index in [2.05, 4.69) is 15.9 Å². The number of nitrogens with two attached hydrogens (primary N) is 1. The lowest BCUT2D eigenvalue weighted by atomic mass is 9.99. The molecule has 0 unspecified atom stereocenters. The number of carboxylic acid groups (broad SMARTS) is 1. The van der Waals surface area contributed by atoms with E-state index in [4.69, 9.17) is 15.6 Å². The number of ether oxygens (including phenoxy) is 1. The topological polar surface area (TPSA) is 72.5 Å². The lowest BCUT2D eigenvalue weighted by Crippen LogP contribution is -2.21. The highest BCUT2D eigenvalue weighted by molar-refractivity contribution is 9.10. The number of aromatic carboxylic acids is 1. The normalized spacial score (nSPS) is 19.2. The molecule has 5 heteroatoms. The number of carboxylic acids is 1. The molecule has 0 radical (unpaired) electrons. The van der Waals surface area contributed by atoms with Crippen molar-refractivity contribution in [1.82, 2.24) is 0 Å². The zero-order chi connectivity index (χ0) is 11.0. The Morgan fingerprint density at radius 2 is 2.33 bits per heavy atom. The van der Waals surface area contributed by atoms with Gasteiger partial charge in [0, 0.05) is 18.0 Å². The van der Waals surface area contributed by atoms with Crippen molar-refractivity contribution in [3.8, 4) is 5.75 Å². The molecule has 3 N–H and O–H groups in total. The summed E-state index contributed by atoms with van der Waals surface area (Å²) < 4.78 is 6.09. The summed E-state index contributed by atoms with van der Waals surface area (Å²) in [4.78, 5) is 10.8. The van der Waals surface area contributed by atoms with E-state index in [-0.39, 0.29) is 11.6 Å². The third kappa shape index (κ3) is 1.85. The van der Waals surface area contributed by atoms with Gasteiger partial charge in [-0.05, 0) is 28.1 Å². The molecule has 1 atom stereocenters. The Morgan fingerprint density at radius 1 is 1.60 bits per heavy atom. The number of fused-ring (bicyclic) bond motifs is 1. The Morgan fingerprint density at radius 3 is 3.00 bits per heavy atom. The van der Waals surface area contributed by atoms with Crippen LogP contribution in [0.25, 0.3) is 0 Å². The maximum absolute atomic E-state index is 10.8. The highest BCUT2D eigenvalue weighted by Gasteiger charge is 2.22. The van der Waals surface area contributed by atoms with E-state index < -0.39 is 5.97 Å². The van der Waals surface area contributed by atoms with Gasteiger partial charge in [-0.1, -0.05) is 0 Å². The summed E-state index contributed by atoms with van der Waals surface area (Å²) in [5.74, 6) is -0.296. The van der Waals surface area contributed by atoms with Crippen LogP contribution in [0.15, 0.2) is 16.6 Å². The summed E-state index contributed by atoms with van der Waals surface area (Å²) in [5, 5.41) is 8.89. The van der Waals surface area contributed by atoms with Gasteiger partial charge in [0.05, 0.1) is 16.6 Å². The van der Waals surface area contributed by atoms with Crippen molar-refractivity contribution in [2.75, 3.05) is 6.61 Å². The second kappa shape index (κ2) is 3.83. The van der Waals surface area contributed by atoms with Crippen molar-refractivity contribution in [2.24, 2.45) is 5.73 Å². The summed E-state index contributed by atoms with van der Waals surface area (Å²) >= 11 is 3.28. The highest BCUT2D eigenvalue weighted by atomic mass is 79.9. The molecular weight excluding hydrogens is 262 g/mol. The van der Waals surface area contributed by atoms with Crippen LogP contribution in [0.1, 0.15) is 28.4 Å². The van der Waals surface area contributed by atoms with Gasteiger partial charge in [0.25, 0.3) is 0 Å². The van der Waals surface area contributed by atoms with Gasteiger partial charge in [0.15, 0.2) is 0 Å². The molecule has 4 nitrogen and oxygen atoms in total. The predicted octanol–water partition coefficient (Wildman–Crippen LogP) is 1.93. The molecule has 80 valence electrons. The van der Waals surface area contributed by atoms with Crippen molar-refractivity contribution in [2.45, 2.75) is 12.5 Å². The number of hydrogen-bond donors (Lipinski definition) is 2. The summed E-state index contributed by atoms with van der Waals surface area (Å²) in [6.45, 7) is 0.569. The maximum atomic E-state index is 10.8. The van der Waals surface area contributed by atoms with Gasteiger partial charge >= 0.3 is 5.97 Å². The number of hydrogen-bond acceptors (Lipinski definition) is 3. The lowest BCUT2D eigenvalue weighted by molar-refractivity contribution is 0.0696. The van der Waals surface area contributed by atoms with Crippen LogP contribution in [-0.4, -0.2) is 17.7 Å². The van der Waals surface area contributed by atoms with Gasteiger partial charge in [0.2, 0.25) is 0 Å². The van der Waals surface area contributed by atoms with E-state index >= 15 is 0 Å². The van der Waals surface area contributed by atoms with Gasteiger partial charge in [0.1, 0.15) is 5.75 Å². The Balaban J connectivity index is 2.56. The maximum Gasteiger partial charge on any atom is 0.335 e. The van der Waals surface area contributed by atoms with Crippen LogP contribution in [0.2, 0.25) is 0 Å². The molecule has 0 saturated carbocycles. The molecular formula is C10H10BrNO3. The largest absolute Gasteiger partial charge is 0.492 e. The first-order chi connectivity index (χ1) is 7.09. The fraction of sp³-hybridized carbons (Fsp3) is 0.300. The molecule has 1 aromatic rings. The lowest BCUT2D eigenvalue weighted by Gasteiger charge is -2.24. The molecule has 1 aromatic carbocycles. The van der Waals surface area contributed by atoms with Crippen LogP contribution >= 0.6 is 15.9 Å². The van der Waals surface area contributed by atoms with Crippen LogP contribution in [0.5, 0.6) is 5.75 Å². The molecule has 2 rings (SSSR count). The van der Waals surface area contributed by atoms with Crippen LogP contribution in [0, 0.1) is 0 Å². The monoisotopic (exact) mass is 271 g/mol. The SMILES string of the molecule is N[C@@H]1CCOc2c(Br)cc(C(=O)O)cc21. The summed E-state index contributed by atoms with van der Waals surface area (Å²) in [6, 6.07) is 2.95. The highest BCUT2D eigenvalue weighted by Crippen LogP contribution is 2.37. The molecule has 0 aliphatic carbocycles. The first kappa shape index (κ1) is 10.4. The van der Waals surface area contributed by atoms with Crippen molar-refractivity contribution in [3.63, 3.8) is 0 Å². The molecule has 0 spiro atoms. The molecule has 1 heterocycles. The van der Waals surface area contributed by atoms with E-state index in [0.29, 0.717) is 23.2 Å². The van der Waals surface area contributed by atoms with E-state index in [1.54, 1.807) is 6.07 Å². The fourth-order valence-corrected chi connectivity index (χ4v) is 2.20. The van der Waals surface area contributed by atoms with E-state index in [1.807, 2.05) is 0 Å². The number of halogens is 1. The third-order valence-electron chi connectivity index (χ3n) is 2.39. The minimum Gasteiger partial charge on any atom is -0.492 e. The van der Waals surface area contributed by atoms with Gasteiger partial charge in [-0.3, -0.25) is 0 Å². The smallest absolute Gasteiger partial charge is 0.335 e. The molecule has 0 saturated heterocycles. The number of rotatable bonds is 1. The van der Waals surface area contributed by atoms with Crippen molar-refractivity contribution in [3.05, 3.63) is 27.7 Å². The second-order valence-corrected chi connectivity index (χ2v) is 4.28. The number of carbonyl (C=O) groups is 1. The summed E-state index contributed by atoms with van der Waals surface area (Å²) in [7, 11) is 0. The van der Waals surface area contributed by atoms with Crippen LogP contribution < -0.4 is 10.5 Å². The van der Waals surface area contributed by atoms with Gasteiger partial charge in [-0.2, -0.15) is 0 Å². The molecule has 1 aliphatic rings. The molecule has 15 heavy (non-hydrogen) atoms. The van der Waals surface area contributed by atoms with Crippen molar-refractivity contribution < 1.29 is 14.6 Å². The standard InChI is InChI=1S/C10H10BrNO3/c11-7-4-5(10(13)14)3-6-8(12)1-2-15-9(6)7/h3-4,8H,1-2,12H2,(H,13,14)/t8-/m1/s1. The van der Waals surface area contributed by atoms with E-state index in [9.17, 15) is 4.79 Å².